The zero-order valence-corrected chi connectivity index (χ0v) is 15.1. The molecule has 1 saturated heterocycles. The fourth-order valence-electron chi connectivity index (χ4n) is 3.14. The van der Waals surface area contributed by atoms with Crippen LogP contribution in [0.2, 0.25) is 0 Å². The lowest BCUT2D eigenvalue weighted by Crippen LogP contribution is -2.42. The van der Waals surface area contributed by atoms with Crippen LogP contribution >= 0.6 is 0 Å². The minimum Gasteiger partial charge on any atom is -0.443 e. The molecule has 6 heteroatoms. The first-order valence-electron chi connectivity index (χ1n) is 8.74. The van der Waals surface area contributed by atoms with E-state index in [4.69, 9.17) is 4.42 Å². The molecule has 1 aromatic carbocycles. The summed E-state index contributed by atoms with van der Waals surface area (Å²) in [7, 11) is 0. The van der Waals surface area contributed by atoms with Gasteiger partial charge in [-0.1, -0.05) is 26.8 Å². The number of aromatic nitrogens is 1. The Morgan fingerprint density at radius 2 is 1.84 bits per heavy atom. The molecule has 0 aliphatic carbocycles. The maximum Gasteiger partial charge on any atom is 0.228 e. The van der Waals surface area contributed by atoms with Crippen molar-refractivity contribution < 1.29 is 14.0 Å². The molecule has 0 atom stereocenters. The van der Waals surface area contributed by atoms with Crippen molar-refractivity contribution in [1.29, 1.82) is 0 Å². The number of oxazole rings is 1. The van der Waals surface area contributed by atoms with E-state index in [0.717, 1.165) is 17.5 Å². The molecule has 25 heavy (non-hydrogen) atoms. The second-order valence-electron chi connectivity index (χ2n) is 7.61. The highest BCUT2D eigenvalue weighted by molar-refractivity contribution is 5.82. The predicted octanol–water partition coefficient (Wildman–Crippen LogP) is 2.48. The van der Waals surface area contributed by atoms with Gasteiger partial charge in [0.15, 0.2) is 12.0 Å². The molecule has 2 aromatic rings. The van der Waals surface area contributed by atoms with Crippen LogP contribution < -0.4 is 0 Å². The number of hydrogen-bond acceptors (Lipinski definition) is 4. The highest BCUT2D eigenvalue weighted by Gasteiger charge is 2.29. The summed E-state index contributed by atoms with van der Waals surface area (Å²) in [5, 5.41) is 0. The number of hydrogen-bond donors (Lipinski definition) is 0. The zero-order valence-electron chi connectivity index (χ0n) is 15.1. The molecular weight excluding hydrogens is 318 g/mol. The van der Waals surface area contributed by atoms with Gasteiger partial charge in [0.2, 0.25) is 11.8 Å². The normalized spacial score (nSPS) is 16.1. The molecule has 0 unspecified atom stereocenters. The number of benzene rings is 1. The van der Waals surface area contributed by atoms with Crippen molar-refractivity contribution in [1.82, 2.24) is 14.8 Å². The Morgan fingerprint density at radius 3 is 2.60 bits per heavy atom. The van der Waals surface area contributed by atoms with Crippen LogP contribution in [-0.2, 0) is 16.0 Å². The SMILES string of the molecule is CC(C)(C)C(=O)N1CCCN(C(=O)Cc2ccc3ncoc3c2)CC1. The van der Waals surface area contributed by atoms with Gasteiger partial charge in [0, 0.05) is 31.6 Å². The molecule has 0 spiro atoms. The molecule has 1 aromatic heterocycles. The minimum atomic E-state index is -0.383. The standard InChI is InChI=1S/C19H25N3O3/c1-19(2,3)18(24)22-8-4-7-21(9-10-22)17(23)12-14-5-6-15-16(11-14)25-13-20-15/h5-6,11,13H,4,7-10,12H2,1-3H3. The van der Waals surface area contributed by atoms with Crippen LogP contribution in [0.1, 0.15) is 32.8 Å². The first-order chi connectivity index (χ1) is 11.8. The Bertz CT molecular complexity index is 776. The average molecular weight is 343 g/mol. The van der Waals surface area contributed by atoms with E-state index in [1.165, 1.54) is 6.39 Å². The Hall–Kier alpha value is -2.37. The second kappa shape index (κ2) is 6.86. The lowest BCUT2D eigenvalue weighted by Gasteiger charge is -2.28. The molecule has 6 nitrogen and oxygen atoms in total. The van der Waals surface area contributed by atoms with E-state index in [0.29, 0.717) is 38.2 Å². The molecule has 134 valence electrons. The van der Waals surface area contributed by atoms with Crippen LogP contribution in [0.5, 0.6) is 0 Å². The van der Waals surface area contributed by atoms with E-state index >= 15 is 0 Å². The zero-order chi connectivity index (χ0) is 18.0. The topological polar surface area (TPSA) is 66.7 Å². The molecule has 0 saturated carbocycles. The Labute approximate surface area is 147 Å². The van der Waals surface area contributed by atoms with E-state index in [-0.39, 0.29) is 17.2 Å². The van der Waals surface area contributed by atoms with Gasteiger partial charge in [0.1, 0.15) is 5.52 Å². The molecule has 1 aliphatic heterocycles. The summed E-state index contributed by atoms with van der Waals surface area (Å²) in [4.78, 5) is 32.9. The monoisotopic (exact) mass is 343 g/mol. The van der Waals surface area contributed by atoms with Crippen molar-refractivity contribution in [3.05, 3.63) is 30.2 Å². The fourth-order valence-corrected chi connectivity index (χ4v) is 3.14. The highest BCUT2D eigenvalue weighted by Crippen LogP contribution is 2.19. The van der Waals surface area contributed by atoms with Crippen molar-refractivity contribution in [3.63, 3.8) is 0 Å². The Balaban J connectivity index is 1.62. The third kappa shape index (κ3) is 4.00. The van der Waals surface area contributed by atoms with Crippen LogP contribution in [0.3, 0.4) is 0 Å². The molecule has 0 radical (unpaired) electrons. The van der Waals surface area contributed by atoms with Gasteiger partial charge >= 0.3 is 0 Å². The number of carbonyl (C=O) groups is 2. The van der Waals surface area contributed by atoms with Crippen molar-refractivity contribution in [2.75, 3.05) is 26.2 Å². The van der Waals surface area contributed by atoms with Crippen LogP contribution in [0.25, 0.3) is 11.1 Å². The summed E-state index contributed by atoms with van der Waals surface area (Å²) >= 11 is 0. The highest BCUT2D eigenvalue weighted by atomic mass is 16.3. The molecule has 2 heterocycles. The second-order valence-corrected chi connectivity index (χ2v) is 7.61. The third-order valence-corrected chi connectivity index (χ3v) is 4.53. The van der Waals surface area contributed by atoms with Gasteiger partial charge in [-0.25, -0.2) is 4.98 Å². The Morgan fingerprint density at radius 1 is 1.12 bits per heavy atom. The number of fused-ring (bicyclic) bond motifs is 1. The average Bonchev–Trinajstić information content (AvgIpc) is 2.87. The van der Waals surface area contributed by atoms with Crippen molar-refractivity contribution in [3.8, 4) is 0 Å². The van der Waals surface area contributed by atoms with Crippen molar-refractivity contribution in [2.24, 2.45) is 5.41 Å². The van der Waals surface area contributed by atoms with Gasteiger partial charge in [-0.2, -0.15) is 0 Å². The van der Waals surface area contributed by atoms with E-state index in [2.05, 4.69) is 4.98 Å². The maximum absolute atomic E-state index is 12.6. The smallest absolute Gasteiger partial charge is 0.228 e. The van der Waals surface area contributed by atoms with E-state index in [1.54, 1.807) is 0 Å². The predicted molar refractivity (Wildman–Crippen MR) is 94.9 cm³/mol. The summed E-state index contributed by atoms with van der Waals surface area (Å²) in [5.74, 6) is 0.237. The van der Waals surface area contributed by atoms with Gasteiger partial charge in [-0.3, -0.25) is 9.59 Å². The number of carbonyl (C=O) groups excluding carboxylic acids is 2. The maximum atomic E-state index is 12.6. The van der Waals surface area contributed by atoms with Gasteiger partial charge in [-0.15, -0.1) is 0 Å². The van der Waals surface area contributed by atoms with Gasteiger partial charge in [0.05, 0.1) is 6.42 Å². The van der Waals surface area contributed by atoms with Gasteiger partial charge < -0.3 is 14.2 Å². The van der Waals surface area contributed by atoms with Crippen LogP contribution in [0, 0.1) is 5.41 Å². The minimum absolute atomic E-state index is 0.0870. The number of nitrogens with zero attached hydrogens (tertiary/aromatic N) is 3. The summed E-state index contributed by atoms with van der Waals surface area (Å²) in [6.45, 7) is 8.39. The van der Waals surface area contributed by atoms with Crippen LogP contribution in [0.15, 0.2) is 29.0 Å². The molecular formula is C19H25N3O3. The van der Waals surface area contributed by atoms with Crippen LogP contribution in [-0.4, -0.2) is 52.8 Å². The summed E-state index contributed by atoms with van der Waals surface area (Å²) < 4.78 is 5.30. The van der Waals surface area contributed by atoms with E-state index in [1.807, 2.05) is 48.8 Å². The number of amides is 2. The molecule has 1 fully saturated rings. The Kier molecular flexibility index (Phi) is 4.79. The largest absolute Gasteiger partial charge is 0.443 e. The molecule has 3 rings (SSSR count). The molecule has 2 amide bonds. The quantitative estimate of drug-likeness (QED) is 0.840. The third-order valence-electron chi connectivity index (χ3n) is 4.53. The van der Waals surface area contributed by atoms with E-state index in [9.17, 15) is 9.59 Å². The van der Waals surface area contributed by atoms with Crippen molar-refractivity contribution in [2.45, 2.75) is 33.6 Å². The van der Waals surface area contributed by atoms with Crippen molar-refractivity contribution >= 4 is 22.9 Å². The van der Waals surface area contributed by atoms with Crippen LogP contribution in [0.4, 0.5) is 0 Å². The summed E-state index contributed by atoms with van der Waals surface area (Å²) in [6.07, 6.45) is 2.56. The first-order valence-corrected chi connectivity index (χ1v) is 8.74. The fraction of sp³-hybridized carbons (Fsp3) is 0.526. The molecule has 1 aliphatic rings. The molecule has 0 bridgehead atoms. The first kappa shape index (κ1) is 17.5. The summed E-state index contributed by atoms with van der Waals surface area (Å²) in [6, 6.07) is 5.65. The summed E-state index contributed by atoms with van der Waals surface area (Å²) in [5.41, 5.74) is 2.03. The van der Waals surface area contributed by atoms with Gasteiger partial charge in [-0.05, 0) is 24.1 Å². The lowest BCUT2D eigenvalue weighted by atomic mass is 9.94. The van der Waals surface area contributed by atoms with E-state index < -0.39 is 0 Å². The van der Waals surface area contributed by atoms with Gasteiger partial charge in [0.25, 0.3) is 0 Å². The number of rotatable bonds is 2. The lowest BCUT2D eigenvalue weighted by molar-refractivity contribution is -0.139. The molecule has 0 N–H and O–H groups in total.